The van der Waals surface area contributed by atoms with Crippen molar-refractivity contribution in [1.82, 2.24) is 19.3 Å². The molecule has 9 nitrogen and oxygen atoms in total. The number of anilines is 1. The van der Waals surface area contributed by atoms with Crippen LogP contribution in [0.2, 0.25) is 0 Å². The van der Waals surface area contributed by atoms with E-state index >= 15 is 0 Å². The molecule has 2 amide bonds. The number of likely N-dealkylation sites (tertiary alicyclic amines) is 1. The molecule has 0 saturated carbocycles. The molecule has 1 unspecified atom stereocenters. The third-order valence-corrected chi connectivity index (χ3v) is 8.03. The van der Waals surface area contributed by atoms with Crippen LogP contribution < -0.4 is 4.90 Å². The maximum Gasteiger partial charge on any atom is 0.416 e. The smallest absolute Gasteiger partial charge is 0.416 e. The van der Waals surface area contributed by atoms with Crippen molar-refractivity contribution in [1.29, 1.82) is 0 Å². The van der Waals surface area contributed by atoms with Crippen LogP contribution in [0.15, 0.2) is 47.8 Å². The Hall–Kier alpha value is -3.27. The van der Waals surface area contributed by atoms with Gasteiger partial charge in [0.15, 0.2) is 11.5 Å². The van der Waals surface area contributed by atoms with E-state index < -0.39 is 17.3 Å². The van der Waals surface area contributed by atoms with Crippen LogP contribution in [0.1, 0.15) is 98.4 Å². The van der Waals surface area contributed by atoms with Gasteiger partial charge < -0.3 is 14.4 Å². The van der Waals surface area contributed by atoms with Crippen molar-refractivity contribution in [2.24, 2.45) is 0 Å². The number of nitrogens with zero attached hydrogens (tertiary/aromatic N) is 5. The zero-order chi connectivity index (χ0) is 30.8. The van der Waals surface area contributed by atoms with Crippen molar-refractivity contribution < 1.29 is 19.1 Å². The molecule has 1 fully saturated rings. The predicted molar refractivity (Wildman–Crippen MR) is 167 cm³/mol. The number of rotatable bonds is 6. The standard InChI is InChI=1S/C32H45N5O4S/c1-21(2)25-18-33-27-28(37(30(39)41-32(7,8)9)22(3)23-14-11-10-12-15-23)34-26(20-36(25)27)42-24-16-13-17-35(19-24)29(38)40-31(4,5)6/h10-12,14-15,18,20-22,24H,13,16-17,19H2,1-9H3/t22-,24?/m0/s1. The minimum atomic E-state index is -0.694. The summed E-state index contributed by atoms with van der Waals surface area (Å²) in [7, 11) is 0. The number of benzene rings is 1. The normalized spacial score (nSPS) is 16.9. The van der Waals surface area contributed by atoms with Crippen LogP contribution in [0, 0.1) is 0 Å². The number of carbonyl (C=O) groups is 2. The number of fused-ring (bicyclic) bond motifs is 1. The summed E-state index contributed by atoms with van der Waals surface area (Å²) in [5.74, 6) is 0.643. The van der Waals surface area contributed by atoms with Gasteiger partial charge in [-0.15, -0.1) is 0 Å². The molecular formula is C32H45N5O4S. The summed E-state index contributed by atoms with van der Waals surface area (Å²) < 4.78 is 13.6. The third kappa shape index (κ3) is 7.76. The second kappa shape index (κ2) is 12.5. The lowest BCUT2D eigenvalue weighted by Crippen LogP contribution is -2.43. The highest BCUT2D eigenvalue weighted by Gasteiger charge is 2.33. The quantitative estimate of drug-likeness (QED) is 0.287. The van der Waals surface area contributed by atoms with Crippen LogP contribution in [-0.2, 0) is 9.47 Å². The fourth-order valence-electron chi connectivity index (χ4n) is 4.93. The number of hydrogen-bond donors (Lipinski definition) is 0. The van der Waals surface area contributed by atoms with Crippen molar-refractivity contribution in [3.8, 4) is 0 Å². The van der Waals surface area contributed by atoms with Crippen LogP contribution in [0.5, 0.6) is 0 Å². The van der Waals surface area contributed by atoms with E-state index in [2.05, 4.69) is 13.8 Å². The van der Waals surface area contributed by atoms with Crippen molar-refractivity contribution in [3.05, 3.63) is 54.0 Å². The van der Waals surface area contributed by atoms with E-state index in [1.54, 1.807) is 21.6 Å². The first-order valence-corrected chi connectivity index (χ1v) is 15.6. The van der Waals surface area contributed by atoms with Crippen LogP contribution in [0.3, 0.4) is 0 Å². The molecule has 4 rings (SSSR count). The number of hydrogen-bond acceptors (Lipinski definition) is 7. The average Bonchev–Trinajstić information content (AvgIpc) is 3.32. The number of carbonyl (C=O) groups excluding carboxylic acids is 2. The molecule has 0 spiro atoms. The lowest BCUT2D eigenvalue weighted by molar-refractivity contribution is 0.0220. The fraction of sp³-hybridized carbons (Fsp3) is 0.562. The summed E-state index contributed by atoms with van der Waals surface area (Å²) in [5.41, 5.74) is 1.33. The Morgan fingerprint density at radius 2 is 1.69 bits per heavy atom. The summed E-state index contributed by atoms with van der Waals surface area (Å²) in [6.07, 6.45) is 4.89. The minimum Gasteiger partial charge on any atom is -0.444 e. The molecule has 1 aliphatic heterocycles. The van der Waals surface area contributed by atoms with E-state index in [1.807, 2.05) is 95.6 Å². The van der Waals surface area contributed by atoms with Crippen molar-refractivity contribution >= 4 is 35.4 Å². The number of amides is 2. The molecular weight excluding hydrogens is 550 g/mol. The van der Waals surface area contributed by atoms with Gasteiger partial charge in [-0.3, -0.25) is 9.30 Å². The van der Waals surface area contributed by atoms with E-state index in [1.165, 1.54) is 0 Å². The van der Waals surface area contributed by atoms with Gasteiger partial charge >= 0.3 is 12.2 Å². The Morgan fingerprint density at radius 3 is 2.31 bits per heavy atom. The van der Waals surface area contributed by atoms with Crippen molar-refractivity contribution in [2.75, 3.05) is 18.0 Å². The Morgan fingerprint density at radius 1 is 1.02 bits per heavy atom. The monoisotopic (exact) mass is 595 g/mol. The molecule has 228 valence electrons. The first kappa shape index (κ1) is 31.7. The first-order chi connectivity index (χ1) is 19.6. The van der Waals surface area contributed by atoms with Crippen molar-refractivity contribution in [3.63, 3.8) is 0 Å². The van der Waals surface area contributed by atoms with E-state index in [-0.39, 0.29) is 23.3 Å². The molecule has 0 bridgehead atoms. The van der Waals surface area contributed by atoms with E-state index in [0.717, 1.165) is 29.1 Å². The van der Waals surface area contributed by atoms with E-state index in [9.17, 15) is 9.59 Å². The second-order valence-electron chi connectivity index (χ2n) is 13.2. The van der Waals surface area contributed by atoms with Gasteiger partial charge in [0.2, 0.25) is 0 Å². The van der Waals surface area contributed by atoms with Gasteiger partial charge in [-0.25, -0.2) is 19.6 Å². The zero-order valence-electron chi connectivity index (χ0n) is 26.4. The summed E-state index contributed by atoms with van der Waals surface area (Å²) >= 11 is 1.62. The Kier molecular flexibility index (Phi) is 9.45. The summed E-state index contributed by atoms with van der Waals surface area (Å²) in [4.78, 5) is 39.9. The van der Waals surface area contributed by atoms with Gasteiger partial charge in [0, 0.05) is 36.4 Å². The van der Waals surface area contributed by atoms with Gasteiger partial charge in [0.1, 0.15) is 16.2 Å². The highest BCUT2D eigenvalue weighted by molar-refractivity contribution is 7.99. The van der Waals surface area contributed by atoms with Gasteiger partial charge in [0.25, 0.3) is 0 Å². The topological polar surface area (TPSA) is 89.3 Å². The largest absolute Gasteiger partial charge is 0.444 e. The van der Waals surface area contributed by atoms with Gasteiger partial charge in [-0.1, -0.05) is 55.9 Å². The number of ether oxygens (including phenoxy) is 2. The minimum absolute atomic E-state index is 0.122. The molecule has 0 N–H and O–H groups in total. The average molecular weight is 596 g/mol. The molecule has 1 aromatic carbocycles. The molecule has 2 atom stereocenters. The number of imidazole rings is 1. The highest BCUT2D eigenvalue weighted by atomic mass is 32.2. The Labute approximate surface area is 254 Å². The summed E-state index contributed by atoms with van der Waals surface area (Å²) in [6.45, 7) is 18.7. The molecule has 42 heavy (non-hydrogen) atoms. The molecule has 3 aromatic rings. The van der Waals surface area contributed by atoms with Crippen molar-refractivity contribution in [2.45, 2.75) is 109 Å². The predicted octanol–water partition coefficient (Wildman–Crippen LogP) is 7.85. The molecule has 0 aliphatic carbocycles. The van der Waals surface area contributed by atoms with E-state index in [4.69, 9.17) is 19.4 Å². The second-order valence-corrected chi connectivity index (χ2v) is 14.5. The molecule has 10 heteroatoms. The van der Waals surface area contributed by atoms with Gasteiger partial charge in [0.05, 0.1) is 6.04 Å². The SMILES string of the molecule is CC(C)c1cnc2c(N(C(=O)OC(C)(C)C)[C@@H](C)c3ccccc3)nc(SC3CCCN(C(=O)OC(C)(C)C)C3)cn12. The number of thioether (sulfide) groups is 1. The Balaban J connectivity index is 1.76. The third-order valence-electron chi connectivity index (χ3n) is 6.88. The summed E-state index contributed by atoms with van der Waals surface area (Å²) in [5, 5.41) is 0.874. The lowest BCUT2D eigenvalue weighted by Gasteiger charge is -2.34. The lowest BCUT2D eigenvalue weighted by atomic mass is 10.1. The van der Waals surface area contributed by atoms with Crippen LogP contribution in [0.4, 0.5) is 15.4 Å². The highest BCUT2D eigenvalue weighted by Crippen LogP contribution is 2.36. The van der Waals surface area contributed by atoms with E-state index in [0.29, 0.717) is 24.6 Å². The van der Waals surface area contributed by atoms with Crippen LogP contribution in [0.25, 0.3) is 5.65 Å². The molecule has 3 heterocycles. The number of piperidine rings is 1. The molecule has 2 aromatic heterocycles. The maximum absolute atomic E-state index is 13.9. The summed E-state index contributed by atoms with van der Waals surface area (Å²) in [6, 6.07) is 9.50. The maximum atomic E-state index is 13.9. The van der Waals surface area contributed by atoms with Crippen LogP contribution >= 0.6 is 11.8 Å². The first-order valence-electron chi connectivity index (χ1n) is 14.7. The fourth-order valence-corrected chi connectivity index (χ4v) is 6.12. The van der Waals surface area contributed by atoms with Gasteiger partial charge in [-0.2, -0.15) is 0 Å². The molecule has 0 radical (unpaired) electrons. The Bertz CT molecular complexity index is 1390. The molecule has 1 aliphatic rings. The van der Waals surface area contributed by atoms with Gasteiger partial charge in [-0.05, 0) is 72.8 Å². The zero-order valence-corrected chi connectivity index (χ0v) is 27.2. The molecule has 1 saturated heterocycles. The number of aromatic nitrogens is 3. The van der Waals surface area contributed by atoms with Crippen LogP contribution in [-0.4, -0.2) is 61.0 Å².